The monoisotopic (exact) mass is 330 g/mol. The molecule has 1 amide bonds. The number of aromatic nitrogens is 3. The second-order valence-corrected chi connectivity index (χ2v) is 7.43. The highest BCUT2D eigenvalue weighted by Crippen LogP contribution is 2.36. The van der Waals surface area contributed by atoms with Gasteiger partial charge in [0.2, 0.25) is 0 Å². The zero-order valence-electron chi connectivity index (χ0n) is 14.3. The van der Waals surface area contributed by atoms with Crippen molar-refractivity contribution >= 4 is 6.09 Å². The molecule has 7 heteroatoms. The highest BCUT2D eigenvalue weighted by Gasteiger charge is 2.32. The van der Waals surface area contributed by atoms with E-state index in [2.05, 4.69) is 5.16 Å². The second-order valence-electron chi connectivity index (χ2n) is 7.43. The molecule has 0 N–H and O–H groups in total. The Balaban J connectivity index is 1.68. The first-order valence-electron chi connectivity index (χ1n) is 8.43. The summed E-state index contributed by atoms with van der Waals surface area (Å²) < 4.78 is 13.0. The molecule has 0 aromatic carbocycles. The summed E-state index contributed by atoms with van der Waals surface area (Å²) in [5, 5.41) is 8.71. The lowest BCUT2D eigenvalue weighted by atomic mass is 10.1. The first kappa shape index (κ1) is 15.2. The van der Waals surface area contributed by atoms with Crippen LogP contribution in [0, 0.1) is 0 Å². The fourth-order valence-corrected chi connectivity index (χ4v) is 3.38. The van der Waals surface area contributed by atoms with E-state index in [0.717, 1.165) is 47.5 Å². The molecule has 0 fully saturated rings. The molecule has 2 aliphatic rings. The Hall–Kier alpha value is -2.31. The van der Waals surface area contributed by atoms with Gasteiger partial charge in [0.25, 0.3) is 0 Å². The van der Waals surface area contributed by atoms with Crippen molar-refractivity contribution in [2.75, 3.05) is 6.54 Å². The fraction of sp³-hybridized carbons (Fsp3) is 0.588. The zero-order chi connectivity index (χ0) is 16.9. The summed E-state index contributed by atoms with van der Waals surface area (Å²) in [6.45, 7) is 7.40. The Morgan fingerprint density at radius 3 is 2.92 bits per heavy atom. The number of fused-ring (bicyclic) bond motifs is 5. The standard InChI is InChI=1S/C17H22N4O3/c1-17(2,3)23-16(22)20-7-8-21-13(10-20)14-12(19-21)6-4-5-11-9-18-24-15(11)14/h9H,4-8,10H2,1-3H3. The lowest BCUT2D eigenvalue weighted by Gasteiger charge is -2.30. The largest absolute Gasteiger partial charge is 0.444 e. The van der Waals surface area contributed by atoms with Crippen LogP contribution in [0.4, 0.5) is 4.79 Å². The number of rotatable bonds is 0. The maximum atomic E-state index is 12.4. The van der Waals surface area contributed by atoms with E-state index in [0.29, 0.717) is 19.6 Å². The van der Waals surface area contributed by atoms with E-state index >= 15 is 0 Å². The van der Waals surface area contributed by atoms with Gasteiger partial charge in [-0.15, -0.1) is 0 Å². The van der Waals surface area contributed by atoms with Crippen molar-refractivity contribution < 1.29 is 14.1 Å². The van der Waals surface area contributed by atoms with Gasteiger partial charge in [0.05, 0.1) is 36.2 Å². The van der Waals surface area contributed by atoms with E-state index < -0.39 is 5.60 Å². The molecule has 0 saturated carbocycles. The van der Waals surface area contributed by atoms with Crippen LogP contribution in [-0.2, 0) is 30.7 Å². The summed E-state index contributed by atoms with van der Waals surface area (Å²) in [5.74, 6) is 0.815. The van der Waals surface area contributed by atoms with Crippen molar-refractivity contribution in [1.29, 1.82) is 0 Å². The third-order valence-electron chi connectivity index (χ3n) is 4.44. The van der Waals surface area contributed by atoms with E-state index in [-0.39, 0.29) is 6.09 Å². The molecule has 3 heterocycles. The van der Waals surface area contributed by atoms with Crippen molar-refractivity contribution in [3.05, 3.63) is 23.1 Å². The summed E-state index contributed by atoms with van der Waals surface area (Å²) in [7, 11) is 0. The highest BCUT2D eigenvalue weighted by molar-refractivity contribution is 5.71. The molecule has 0 spiro atoms. The van der Waals surface area contributed by atoms with Gasteiger partial charge in [-0.05, 0) is 40.0 Å². The Labute approximate surface area is 140 Å². The molecule has 0 bridgehead atoms. The Morgan fingerprint density at radius 1 is 1.29 bits per heavy atom. The van der Waals surface area contributed by atoms with Gasteiger partial charge in [0.15, 0.2) is 5.76 Å². The third kappa shape index (κ3) is 2.57. The number of amides is 1. The van der Waals surface area contributed by atoms with Crippen LogP contribution >= 0.6 is 0 Å². The predicted molar refractivity (Wildman–Crippen MR) is 86.4 cm³/mol. The van der Waals surface area contributed by atoms with Crippen LogP contribution in [0.15, 0.2) is 10.7 Å². The molecule has 1 aliphatic carbocycles. The average Bonchev–Trinajstić information content (AvgIpc) is 3.05. The molecule has 1 aliphatic heterocycles. The van der Waals surface area contributed by atoms with Crippen LogP contribution in [-0.4, -0.2) is 38.1 Å². The lowest BCUT2D eigenvalue weighted by Crippen LogP contribution is -2.41. The topological polar surface area (TPSA) is 73.4 Å². The third-order valence-corrected chi connectivity index (χ3v) is 4.44. The second kappa shape index (κ2) is 5.36. The molecule has 2 aromatic heterocycles. The molecular weight excluding hydrogens is 308 g/mol. The van der Waals surface area contributed by atoms with Crippen molar-refractivity contribution in [2.24, 2.45) is 0 Å². The molecular formula is C17H22N4O3. The summed E-state index contributed by atoms with van der Waals surface area (Å²) >= 11 is 0. The van der Waals surface area contributed by atoms with Crippen LogP contribution in [0.1, 0.15) is 44.1 Å². The van der Waals surface area contributed by atoms with Gasteiger partial charge in [-0.2, -0.15) is 5.10 Å². The number of carbonyl (C=O) groups is 1. The van der Waals surface area contributed by atoms with Gasteiger partial charge in [0.1, 0.15) is 5.60 Å². The number of ether oxygens (including phenoxy) is 1. The molecule has 0 radical (unpaired) electrons. The van der Waals surface area contributed by atoms with Crippen molar-refractivity contribution in [1.82, 2.24) is 19.8 Å². The number of carbonyl (C=O) groups excluding carboxylic acids is 1. The van der Waals surface area contributed by atoms with E-state index in [1.54, 1.807) is 11.1 Å². The molecule has 0 unspecified atom stereocenters. The SMILES string of the molecule is CC(C)(C)OC(=O)N1CCn2nc3c(c2C1)-c1oncc1CCC3. The molecule has 7 nitrogen and oxygen atoms in total. The number of hydrogen-bond donors (Lipinski definition) is 0. The molecule has 128 valence electrons. The molecule has 2 aromatic rings. The van der Waals surface area contributed by atoms with Gasteiger partial charge < -0.3 is 14.2 Å². The number of aryl methyl sites for hydroxylation is 2. The Morgan fingerprint density at radius 2 is 2.12 bits per heavy atom. The van der Waals surface area contributed by atoms with Crippen molar-refractivity contribution in [3.63, 3.8) is 0 Å². The van der Waals surface area contributed by atoms with Gasteiger partial charge in [0, 0.05) is 12.1 Å². The first-order chi connectivity index (χ1) is 11.4. The Kier molecular flexibility index (Phi) is 3.40. The molecule has 24 heavy (non-hydrogen) atoms. The quantitative estimate of drug-likeness (QED) is 0.742. The maximum absolute atomic E-state index is 12.4. The summed E-state index contributed by atoms with van der Waals surface area (Å²) in [6.07, 6.45) is 4.42. The normalized spacial score (nSPS) is 16.9. The summed E-state index contributed by atoms with van der Waals surface area (Å²) in [4.78, 5) is 14.2. The molecule has 0 saturated heterocycles. The zero-order valence-corrected chi connectivity index (χ0v) is 14.3. The first-order valence-corrected chi connectivity index (χ1v) is 8.43. The van der Waals surface area contributed by atoms with Crippen molar-refractivity contribution in [3.8, 4) is 11.3 Å². The fourth-order valence-electron chi connectivity index (χ4n) is 3.38. The average molecular weight is 330 g/mol. The Bertz CT molecular complexity index is 784. The van der Waals surface area contributed by atoms with Crippen molar-refractivity contribution in [2.45, 2.75) is 58.7 Å². The van der Waals surface area contributed by atoms with Gasteiger partial charge in [-0.25, -0.2) is 4.79 Å². The molecule has 4 rings (SSSR count). The van der Waals surface area contributed by atoms with E-state index in [1.165, 1.54) is 0 Å². The summed E-state index contributed by atoms with van der Waals surface area (Å²) in [5.41, 5.74) is 3.71. The minimum atomic E-state index is -0.496. The minimum absolute atomic E-state index is 0.282. The van der Waals surface area contributed by atoms with Crippen LogP contribution in [0.5, 0.6) is 0 Å². The van der Waals surface area contributed by atoms with Gasteiger partial charge in [-0.3, -0.25) is 4.68 Å². The smallest absolute Gasteiger partial charge is 0.410 e. The van der Waals surface area contributed by atoms with Crippen LogP contribution < -0.4 is 0 Å². The minimum Gasteiger partial charge on any atom is -0.444 e. The number of nitrogens with zero attached hydrogens (tertiary/aromatic N) is 4. The van der Waals surface area contributed by atoms with E-state index in [1.807, 2.05) is 25.5 Å². The van der Waals surface area contributed by atoms with E-state index in [9.17, 15) is 4.79 Å². The van der Waals surface area contributed by atoms with E-state index in [4.69, 9.17) is 14.4 Å². The van der Waals surface area contributed by atoms with Gasteiger partial charge in [-0.1, -0.05) is 5.16 Å². The summed E-state index contributed by atoms with van der Waals surface area (Å²) in [6, 6.07) is 0. The molecule has 0 atom stereocenters. The number of hydrogen-bond acceptors (Lipinski definition) is 5. The lowest BCUT2D eigenvalue weighted by molar-refractivity contribution is 0.0194. The van der Waals surface area contributed by atoms with Crippen LogP contribution in [0.2, 0.25) is 0 Å². The van der Waals surface area contributed by atoms with Crippen LogP contribution in [0.25, 0.3) is 11.3 Å². The van der Waals surface area contributed by atoms with Crippen LogP contribution in [0.3, 0.4) is 0 Å². The maximum Gasteiger partial charge on any atom is 0.410 e. The predicted octanol–water partition coefficient (Wildman–Crippen LogP) is 2.78. The highest BCUT2D eigenvalue weighted by atomic mass is 16.6. The van der Waals surface area contributed by atoms with Gasteiger partial charge >= 0.3 is 6.09 Å².